The quantitative estimate of drug-likeness (QED) is 0.855. The van der Waals surface area contributed by atoms with Crippen LogP contribution < -0.4 is 0 Å². The van der Waals surface area contributed by atoms with E-state index in [9.17, 15) is 9.59 Å². The van der Waals surface area contributed by atoms with Crippen LogP contribution in [0.3, 0.4) is 0 Å². The maximum atomic E-state index is 12.4. The number of nitrogens with zero attached hydrogens (tertiary/aromatic N) is 3. The molecule has 1 aliphatic heterocycles. The molecule has 3 amide bonds. The van der Waals surface area contributed by atoms with Crippen molar-refractivity contribution in [2.75, 3.05) is 32.7 Å². The lowest BCUT2D eigenvalue weighted by atomic mass is 10.2. The van der Waals surface area contributed by atoms with E-state index >= 15 is 0 Å². The van der Waals surface area contributed by atoms with Gasteiger partial charge in [-0.2, -0.15) is 0 Å². The van der Waals surface area contributed by atoms with Crippen molar-refractivity contribution < 1.29 is 14.0 Å². The lowest BCUT2D eigenvalue weighted by molar-refractivity contribution is 0.0630. The molecule has 1 aliphatic rings. The molecule has 6 heteroatoms. The molecule has 0 aliphatic carbocycles. The standard InChI is InChI=1S/C15H23N3O3/c1-4-18(12(2)3)15(20)17-8-6-16(7-9-17)14(19)13-5-10-21-11-13/h5,10-12H,4,6-9H2,1-3H3. The summed E-state index contributed by atoms with van der Waals surface area (Å²) >= 11 is 0. The first-order valence-corrected chi connectivity index (χ1v) is 7.41. The Kier molecular flexibility index (Phi) is 4.88. The summed E-state index contributed by atoms with van der Waals surface area (Å²) in [5, 5.41) is 0. The zero-order valence-corrected chi connectivity index (χ0v) is 12.9. The van der Waals surface area contributed by atoms with Gasteiger partial charge < -0.3 is 19.1 Å². The molecule has 1 fully saturated rings. The second kappa shape index (κ2) is 6.65. The fraction of sp³-hybridized carbons (Fsp3) is 0.600. The van der Waals surface area contributed by atoms with Crippen molar-refractivity contribution in [2.24, 2.45) is 0 Å². The van der Waals surface area contributed by atoms with Gasteiger partial charge in [-0.05, 0) is 26.8 Å². The molecule has 2 rings (SSSR count). The lowest BCUT2D eigenvalue weighted by Gasteiger charge is -2.38. The summed E-state index contributed by atoms with van der Waals surface area (Å²) in [5.41, 5.74) is 0.562. The van der Waals surface area contributed by atoms with E-state index < -0.39 is 0 Å². The SMILES string of the molecule is CCN(C(=O)N1CCN(C(=O)c2ccoc2)CC1)C(C)C. The van der Waals surface area contributed by atoms with Crippen LogP contribution >= 0.6 is 0 Å². The van der Waals surface area contributed by atoms with Crippen molar-refractivity contribution >= 4 is 11.9 Å². The molecule has 116 valence electrons. The monoisotopic (exact) mass is 293 g/mol. The topological polar surface area (TPSA) is 57.0 Å². The molecule has 0 bridgehead atoms. The zero-order chi connectivity index (χ0) is 15.4. The molecule has 0 radical (unpaired) electrons. The first-order valence-electron chi connectivity index (χ1n) is 7.41. The molecule has 0 N–H and O–H groups in total. The van der Waals surface area contributed by atoms with E-state index in [1.54, 1.807) is 11.0 Å². The highest BCUT2D eigenvalue weighted by molar-refractivity contribution is 5.94. The van der Waals surface area contributed by atoms with E-state index in [1.807, 2.05) is 30.6 Å². The predicted molar refractivity (Wildman–Crippen MR) is 79.1 cm³/mol. The lowest BCUT2D eigenvalue weighted by Crippen LogP contribution is -2.55. The van der Waals surface area contributed by atoms with Gasteiger partial charge in [0.25, 0.3) is 5.91 Å². The Balaban J connectivity index is 1.91. The van der Waals surface area contributed by atoms with Gasteiger partial charge in [-0.15, -0.1) is 0 Å². The fourth-order valence-electron chi connectivity index (χ4n) is 2.57. The van der Waals surface area contributed by atoms with Crippen LogP contribution in [0.4, 0.5) is 4.79 Å². The van der Waals surface area contributed by atoms with E-state index in [4.69, 9.17) is 4.42 Å². The van der Waals surface area contributed by atoms with Gasteiger partial charge in [0.15, 0.2) is 0 Å². The maximum Gasteiger partial charge on any atom is 0.320 e. The van der Waals surface area contributed by atoms with E-state index in [1.165, 1.54) is 12.5 Å². The molecular formula is C15H23N3O3. The van der Waals surface area contributed by atoms with E-state index in [0.717, 1.165) is 0 Å². The van der Waals surface area contributed by atoms with Gasteiger partial charge in [-0.25, -0.2) is 4.79 Å². The summed E-state index contributed by atoms with van der Waals surface area (Å²) in [6.07, 6.45) is 2.95. The number of amides is 3. The van der Waals surface area contributed by atoms with Gasteiger partial charge in [0, 0.05) is 38.8 Å². The van der Waals surface area contributed by atoms with E-state index in [2.05, 4.69) is 0 Å². The highest BCUT2D eigenvalue weighted by Gasteiger charge is 2.28. The largest absolute Gasteiger partial charge is 0.472 e. The molecule has 0 spiro atoms. The van der Waals surface area contributed by atoms with Crippen molar-refractivity contribution in [3.63, 3.8) is 0 Å². The zero-order valence-electron chi connectivity index (χ0n) is 12.9. The molecule has 6 nitrogen and oxygen atoms in total. The Hall–Kier alpha value is -1.98. The van der Waals surface area contributed by atoms with Crippen molar-refractivity contribution in [1.82, 2.24) is 14.7 Å². The fourth-order valence-corrected chi connectivity index (χ4v) is 2.57. The Morgan fingerprint density at radius 1 is 1.24 bits per heavy atom. The normalized spacial score (nSPS) is 15.4. The summed E-state index contributed by atoms with van der Waals surface area (Å²) in [6.45, 7) is 8.98. The van der Waals surface area contributed by atoms with Crippen LogP contribution in [0.25, 0.3) is 0 Å². The van der Waals surface area contributed by atoms with Crippen LogP contribution in [0.15, 0.2) is 23.0 Å². The molecule has 21 heavy (non-hydrogen) atoms. The number of carbonyl (C=O) groups is 2. The van der Waals surface area contributed by atoms with Crippen LogP contribution in [-0.2, 0) is 0 Å². The van der Waals surface area contributed by atoms with Gasteiger partial charge in [-0.3, -0.25) is 4.79 Å². The summed E-state index contributed by atoms with van der Waals surface area (Å²) in [4.78, 5) is 30.0. The van der Waals surface area contributed by atoms with Gasteiger partial charge in [0.05, 0.1) is 11.8 Å². The van der Waals surface area contributed by atoms with Crippen LogP contribution in [0, 0.1) is 0 Å². The third-order valence-corrected chi connectivity index (χ3v) is 3.82. The number of carbonyl (C=O) groups excluding carboxylic acids is 2. The van der Waals surface area contributed by atoms with Crippen molar-refractivity contribution in [1.29, 1.82) is 0 Å². The molecule has 1 aromatic heterocycles. The second-order valence-electron chi connectivity index (χ2n) is 5.45. The predicted octanol–water partition coefficient (Wildman–Crippen LogP) is 1.89. The van der Waals surface area contributed by atoms with Gasteiger partial charge in [0.1, 0.15) is 6.26 Å². The minimum Gasteiger partial charge on any atom is -0.472 e. The summed E-state index contributed by atoms with van der Waals surface area (Å²) in [7, 11) is 0. The smallest absolute Gasteiger partial charge is 0.320 e. The van der Waals surface area contributed by atoms with Gasteiger partial charge >= 0.3 is 6.03 Å². The first-order chi connectivity index (χ1) is 10.0. The summed E-state index contributed by atoms with van der Waals surface area (Å²) in [6, 6.07) is 1.91. The molecular weight excluding hydrogens is 270 g/mol. The number of rotatable bonds is 3. The van der Waals surface area contributed by atoms with Crippen LogP contribution in [0.1, 0.15) is 31.1 Å². The van der Waals surface area contributed by atoms with Crippen molar-refractivity contribution in [3.05, 3.63) is 24.2 Å². The van der Waals surface area contributed by atoms with E-state index in [-0.39, 0.29) is 18.0 Å². The molecule has 0 atom stereocenters. The number of piperazine rings is 1. The minimum atomic E-state index is -0.0351. The number of hydrogen-bond donors (Lipinski definition) is 0. The molecule has 2 heterocycles. The van der Waals surface area contributed by atoms with Crippen LogP contribution in [0.5, 0.6) is 0 Å². The molecule has 1 saturated heterocycles. The Bertz CT molecular complexity index is 476. The Morgan fingerprint density at radius 3 is 2.33 bits per heavy atom. The Labute approximate surface area is 125 Å². The van der Waals surface area contributed by atoms with Crippen LogP contribution in [0.2, 0.25) is 0 Å². The average molecular weight is 293 g/mol. The number of hydrogen-bond acceptors (Lipinski definition) is 3. The highest BCUT2D eigenvalue weighted by atomic mass is 16.3. The van der Waals surface area contributed by atoms with Gasteiger partial charge in [-0.1, -0.05) is 0 Å². The van der Waals surface area contributed by atoms with Crippen molar-refractivity contribution in [2.45, 2.75) is 26.8 Å². The first kappa shape index (κ1) is 15.4. The third kappa shape index (κ3) is 3.37. The number of furan rings is 1. The third-order valence-electron chi connectivity index (χ3n) is 3.82. The Morgan fingerprint density at radius 2 is 1.86 bits per heavy atom. The molecule has 0 unspecified atom stereocenters. The van der Waals surface area contributed by atoms with Crippen molar-refractivity contribution in [3.8, 4) is 0 Å². The van der Waals surface area contributed by atoms with E-state index in [0.29, 0.717) is 38.3 Å². The van der Waals surface area contributed by atoms with Gasteiger partial charge in [0.2, 0.25) is 0 Å². The maximum absolute atomic E-state index is 12.4. The molecule has 0 aromatic carbocycles. The summed E-state index contributed by atoms with van der Waals surface area (Å²) in [5.74, 6) is -0.0351. The average Bonchev–Trinajstić information content (AvgIpc) is 3.01. The molecule has 0 saturated carbocycles. The highest BCUT2D eigenvalue weighted by Crippen LogP contribution is 2.12. The number of urea groups is 1. The van der Waals surface area contributed by atoms with Crippen LogP contribution in [-0.4, -0.2) is 65.4 Å². The second-order valence-corrected chi connectivity index (χ2v) is 5.45. The summed E-state index contributed by atoms with van der Waals surface area (Å²) < 4.78 is 4.94. The minimum absolute atomic E-state index is 0.0351. The molecule has 1 aromatic rings.